The largest absolute Gasteiger partial charge is 0.497 e. The maximum absolute atomic E-state index is 5.71. The monoisotopic (exact) mass is 347 g/mol. The lowest BCUT2D eigenvalue weighted by Crippen LogP contribution is -2.38. The van der Waals surface area contributed by atoms with Crippen LogP contribution in [-0.2, 0) is 6.54 Å². The number of rotatable bonds is 9. The molecule has 0 unspecified atom stereocenters. The van der Waals surface area contributed by atoms with Gasteiger partial charge >= 0.3 is 0 Å². The molecule has 0 bridgehead atoms. The molecule has 0 saturated heterocycles. The van der Waals surface area contributed by atoms with Gasteiger partial charge in [-0.25, -0.2) is 4.99 Å². The smallest absolute Gasteiger partial charge is 0.191 e. The molecule has 0 fully saturated rings. The second-order valence-corrected chi connectivity index (χ2v) is 5.91. The molecule has 6 heteroatoms. The molecule has 0 spiro atoms. The first kappa shape index (κ1) is 18.1. The van der Waals surface area contributed by atoms with Gasteiger partial charge in [0.1, 0.15) is 11.5 Å². The minimum Gasteiger partial charge on any atom is -0.497 e. The van der Waals surface area contributed by atoms with Gasteiger partial charge in [-0.1, -0.05) is 0 Å². The summed E-state index contributed by atoms with van der Waals surface area (Å²) in [6, 6.07) is 9.72. The molecule has 0 atom stereocenters. The first-order chi connectivity index (χ1) is 11.8. The minimum absolute atomic E-state index is 0.656. The van der Waals surface area contributed by atoms with Crippen LogP contribution in [0, 0.1) is 0 Å². The minimum atomic E-state index is 0.656. The predicted molar refractivity (Wildman–Crippen MR) is 100 cm³/mol. The molecule has 0 aliphatic heterocycles. The topological polar surface area (TPSA) is 54.9 Å². The van der Waals surface area contributed by atoms with Gasteiger partial charge in [-0.2, -0.15) is 11.3 Å². The Morgan fingerprint density at radius 1 is 1.12 bits per heavy atom. The molecule has 0 aliphatic rings. The van der Waals surface area contributed by atoms with E-state index in [9.17, 15) is 0 Å². The summed E-state index contributed by atoms with van der Waals surface area (Å²) in [5, 5.41) is 10.8. The number of thiophene rings is 1. The summed E-state index contributed by atoms with van der Waals surface area (Å²) in [5.41, 5.74) is 1.24. The molecule has 0 saturated carbocycles. The van der Waals surface area contributed by atoms with Crippen molar-refractivity contribution in [2.45, 2.75) is 19.9 Å². The van der Waals surface area contributed by atoms with Gasteiger partial charge in [0.25, 0.3) is 0 Å². The summed E-state index contributed by atoms with van der Waals surface area (Å²) >= 11 is 1.69. The molecule has 2 N–H and O–H groups in total. The van der Waals surface area contributed by atoms with E-state index in [4.69, 9.17) is 9.47 Å². The standard InChI is InChI=1S/C18H25N3O2S/c1-3-19-18(21-13-15-9-12-24-14-15)20-10-4-11-23-17-7-5-16(22-2)6-8-17/h5-9,12,14H,3-4,10-11,13H2,1-2H3,(H2,19,20,21). The zero-order valence-electron chi connectivity index (χ0n) is 14.2. The average Bonchev–Trinajstić information content (AvgIpc) is 3.13. The molecule has 5 nitrogen and oxygen atoms in total. The molecule has 0 radical (unpaired) electrons. The summed E-state index contributed by atoms with van der Waals surface area (Å²) in [6.45, 7) is 5.07. The van der Waals surface area contributed by atoms with Gasteiger partial charge in [0, 0.05) is 13.1 Å². The molecule has 1 aromatic carbocycles. The lowest BCUT2D eigenvalue weighted by atomic mass is 10.3. The van der Waals surface area contributed by atoms with Crippen molar-refractivity contribution in [2.75, 3.05) is 26.8 Å². The third kappa shape index (κ3) is 6.50. The zero-order valence-corrected chi connectivity index (χ0v) is 15.1. The molecule has 0 aliphatic carbocycles. The Balaban J connectivity index is 1.67. The highest BCUT2D eigenvalue weighted by Crippen LogP contribution is 2.16. The third-order valence-corrected chi connectivity index (χ3v) is 4.02. The average molecular weight is 347 g/mol. The van der Waals surface area contributed by atoms with Crippen molar-refractivity contribution in [1.82, 2.24) is 10.6 Å². The van der Waals surface area contributed by atoms with Crippen LogP contribution >= 0.6 is 11.3 Å². The fourth-order valence-electron chi connectivity index (χ4n) is 2.04. The summed E-state index contributed by atoms with van der Waals surface area (Å²) in [4.78, 5) is 4.58. The fraction of sp³-hybridized carbons (Fsp3) is 0.389. The lowest BCUT2D eigenvalue weighted by Gasteiger charge is -2.11. The van der Waals surface area contributed by atoms with Gasteiger partial charge in [-0.05, 0) is 60.0 Å². The van der Waals surface area contributed by atoms with E-state index in [-0.39, 0.29) is 0 Å². The Bertz CT molecular complexity index is 597. The lowest BCUT2D eigenvalue weighted by molar-refractivity contribution is 0.310. The molecule has 130 valence electrons. The van der Waals surface area contributed by atoms with Crippen LogP contribution in [0.3, 0.4) is 0 Å². The van der Waals surface area contributed by atoms with Crippen molar-refractivity contribution < 1.29 is 9.47 Å². The maximum atomic E-state index is 5.71. The van der Waals surface area contributed by atoms with Gasteiger partial charge in [0.05, 0.1) is 20.3 Å². The first-order valence-electron chi connectivity index (χ1n) is 8.12. The van der Waals surface area contributed by atoms with Crippen molar-refractivity contribution in [3.8, 4) is 11.5 Å². The Morgan fingerprint density at radius 3 is 2.58 bits per heavy atom. The van der Waals surface area contributed by atoms with E-state index in [2.05, 4.69) is 39.4 Å². The van der Waals surface area contributed by atoms with Crippen LogP contribution in [0.1, 0.15) is 18.9 Å². The molecular weight excluding hydrogens is 322 g/mol. The molecule has 1 aromatic heterocycles. The highest BCUT2D eigenvalue weighted by molar-refractivity contribution is 7.07. The number of guanidine groups is 1. The van der Waals surface area contributed by atoms with E-state index in [1.165, 1.54) is 5.56 Å². The Labute approximate surface area is 147 Å². The second-order valence-electron chi connectivity index (χ2n) is 5.13. The van der Waals surface area contributed by atoms with Gasteiger partial charge in [0.15, 0.2) is 5.96 Å². The Kier molecular flexibility index (Phi) is 7.97. The van der Waals surface area contributed by atoms with Crippen LogP contribution in [0.2, 0.25) is 0 Å². The summed E-state index contributed by atoms with van der Waals surface area (Å²) in [7, 11) is 1.66. The van der Waals surface area contributed by atoms with Crippen LogP contribution in [0.4, 0.5) is 0 Å². The van der Waals surface area contributed by atoms with E-state index in [0.717, 1.165) is 37.0 Å². The number of nitrogens with zero attached hydrogens (tertiary/aromatic N) is 1. The van der Waals surface area contributed by atoms with Crippen LogP contribution in [0.25, 0.3) is 0 Å². The fourth-order valence-corrected chi connectivity index (χ4v) is 2.70. The van der Waals surface area contributed by atoms with Crippen LogP contribution in [0.15, 0.2) is 46.1 Å². The van der Waals surface area contributed by atoms with Crippen LogP contribution in [0.5, 0.6) is 11.5 Å². The molecule has 1 heterocycles. The predicted octanol–water partition coefficient (Wildman–Crippen LogP) is 3.28. The number of aliphatic imine (C=N–C) groups is 1. The quantitative estimate of drug-likeness (QED) is 0.415. The highest BCUT2D eigenvalue weighted by Gasteiger charge is 1.99. The van der Waals surface area contributed by atoms with E-state index in [1.54, 1.807) is 18.4 Å². The van der Waals surface area contributed by atoms with E-state index in [1.807, 2.05) is 24.3 Å². The first-order valence-corrected chi connectivity index (χ1v) is 9.06. The van der Waals surface area contributed by atoms with Crippen LogP contribution in [-0.4, -0.2) is 32.8 Å². The van der Waals surface area contributed by atoms with E-state index in [0.29, 0.717) is 13.2 Å². The number of hydrogen-bond acceptors (Lipinski definition) is 4. The van der Waals surface area contributed by atoms with E-state index >= 15 is 0 Å². The number of ether oxygens (including phenoxy) is 2. The Morgan fingerprint density at radius 2 is 1.92 bits per heavy atom. The molecule has 2 aromatic rings. The highest BCUT2D eigenvalue weighted by atomic mass is 32.1. The van der Waals surface area contributed by atoms with Gasteiger partial charge in [0.2, 0.25) is 0 Å². The van der Waals surface area contributed by atoms with Gasteiger partial charge in [-0.3, -0.25) is 0 Å². The van der Waals surface area contributed by atoms with Gasteiger partial charge in [-0.15, -0.1) is 0 Å². The molecular formula is C18H25N3O2S. The summed E-state index contributed by atoms with van der Waals surface area (Å²) in [5.74, 6) is 2.53. The zero-order chi connectivity index (χ0) is 17.0. The third-order valence-electron chi connectivity index (χ3n) is 3.29. The SMILES string of the molecule is CCNC(=NCc1ccsc1)NCCCOc1ccc(OC)cc1. The summed E-state index contributed by atoms with van der Waals surface area (Å²) in [6.07, 6.45) is 0.898. The molecule has 24 heavy (non-hydrogen) atoms. The summed E-state index contributed by atoms with van der Waals surface area (Å²) < 4.78 is 10.8. The van der Waals surface area contributed by atoms with Crippen molar-refractivity contribution in [1.29, 1.82) is 0 Å². The number of benzene rings is 1. The Hall–Kier alpha value is -2.21. The maximum Gasteiger partial charge on any atom is 0.191 e. The van der Waals surface area contributed by atoms with Gasteiger partial charge < -0.3 is 20.1 Å². The van der Waals surface area contributed by atoms with Crippen molar-refractivity contribution in [2.24, 2.45) is 4.99 Å². The van der Waals surface area contributed by atoms with Crippen molar-refractivity contribution in [3.63, 3.8) is 0 Å². The van der Waals surface area contributed by atoms with Crippen molar-refractivity contribution in [3.05, 3.63) is 46.7 Å². The molecule has 0 amide bonds. The normalized spacial score (nSPS) is 11.2. The number of nitrogens with one attached hydrogen (secondary N) is 2. The van der Waals surface area contributed by atoms with E-state index < -0.39 is 0 Å². The second kappa shape index (κ2) is 10.5. The molecule has 2 rings (SSSR count). The van der Waals surface area contributed by atoms with Crippen molar-refractivity contribution >= 4 is 17.3 Å². The number of methoxy groups -OCH3 is 1. The number of hydrogen-bond donors (Lipinski definition) is 2. The van der Waals surface area contributed by atoms with Crippen LogP contribution < -0.4 is 20.1 Å².